The number of carbonyl (C=O) groups excluding carboxylic acids is 2. The predicted octanol–water partition coefficient (Wildman–Crippen LogP) is 2.42. The highest BCUT2D eigenvalue weighted by Crippen LogP contribution is 2.13. The molecule has 0 fully saturated rings. The monoisotopic (exact) mass is 361 g/mol. The second kappa shape index (κ2) is 8.42. The van der Waals surface area contributed by atoms with Crippen LogP contribution in [0.5, 0.6) is 0 Å². The third kappa shape index (κ3) is 5.02. The summed E-state index contributed by atoms with van der Waals surface area (Å²) in [7, 11) is 5.50. The van der Waals surface area contributed by atoms with Crippen LogP contribution in [-0.2, 0) is 11.3 Å². The number of amides is 2. The summed E-state index contributed by atoms with van der Waals surface area (Å²) in [6.45, 7) is 0.106. The van der Waals surface area contributed by atoms with E-state index in [9.17, 15) is 18.4 Å². The number of nitrogens with one attached hydrogen (secondary N) is 1. The van der Waals surface area contributed by atoms with Crippen molar-refractivity contribution in [3.63, 3.8) is 0 Å². The molecular weight excluding hydrogens is 340 g/mol. The standard InChI is InChI=1S/C19H21F2N3O2/c1-23(2)15-7-4-13(5-8-15)12-24(3)18(25)11-22-19(26)16-9-6-14(20)10-17(16)21/h4-10H,11-12H2,1-3H3,(H,22,26). The lowest BCUT2D eigenvalue weighted by molar-refractivity contribution is -0.129. The normalized spacial score (nSPS) is 10.3. The summed E-state index contributed by atoms with van der Waals surface area (Å²) < 4.78 is 26.4. The first kappa shape index (κ1) is 19.4. The zero-order chi connectivity index (χ0) is 19.3. The quantitative estimate of drug-likeness (QED) is 0.860. The molecule has 2 amide bonds. The molecule has 1 N–H and O–H groups in total. The molecule has 0 radical (unpaired) electrons. The van der Waals surface area contributed by atoms with E-state index >= 15 is 0 Å². The summed E-state index contributed by atoms with van der Waals surface area (Å²) in [6, 6.07) is 10.4. The molecule has 5 nitrogen and oxygen atoms in total. The Balaban J connectivity index is 1.89. The number of halogens is 2. The minimum atomic E-state index is -0.968. The molecule has 0 saturated carbocycles. The van der Waals surface area contributed by atoms with E-state index in [2.05, 4.69) is 5.32 Å². The SMILES string of the molecule is CN(Cc1ccc(N(C)C)cc1)C(=O)CNC(=O)c1ccc(F)cc1F. The molecule has 138 valence electrons. The van der Waals surface area contributed by atoms with Crippen molar-refractivity contribution < 1.29 is 18.4 Å². The summed E-state index contributed by atoms with van der Waals surface area (Å²) in [6.07, 6.45) is 0. The summed E-state index contributed by atoms with van der Waals surface area (Å²) in [4.78, 5) is 27.5. The lowest BCUT2D eigenvalue weighted by Gasteiger charge is -2.19. The van der Waals surface area contributed by atoms with Gasteiger partial charge in [-0.05, 0) is 29.8 Å². The van der Waals surface area contributed by atoms with Crippen LogP contribution in [0.4, 0.5) is 14.5 Å². The fourth-order valence-electron chi connectivity index (χ4n) is 2.32. The molecule has 2 aromatic carbocycles. The van der Waals surface area contributed by atoms with Gasteiger partial charge in [-0.3, -0.25) is 9.59 Å². The maximum Gasteiger partial charge on any atom is 0.254 e. The molecule has 7 heteroatoms. The van der Waals surface area contributed by atoms with Crippen molar-refractivity contribution in [2.45, 2.75) is 6.54 Å². The zero-order valence-corrected chi connectivity index (χ0v) is 14.9. The molecule has 0 heterocycles. The van der Waals surface area contributed by atoms with Crippen molar-refractivity contribution in [3.8, 4) is 0 Å². The van der Waals surface area contributed by atoms with E-state index in [0.717, 1.165) is 23.4 Å². The Kier molecular flexibility index (Phi) is 6.27. The van der Waals surface area contributed by atoms with E-state index in [1.54, 1.807) is 7.05 Å². The maximum absolute atomic E-state index is 13.6. The fourth-order valence-corrected chi connectivity index (χ4v) is 2.32. The van der Waals surface area contributed by atoms with Crippen LogP contribution in [0.15, 0.2) is 42.5 Å². The molecule has 26 heavy (non-hydrogen) atoms. The van der Waals surface area contributed by atoms with Crippen LogP contribution < -0.4 is 10.2 Å². The second-order valence-electron chi connectivity index (χ2n) is 6.12. The van der Waals surface area contributed by atoms with Gasteiger partial charge in [0.1, 0.15) is 11.6 Å². The Hall–Kier alpha value is -2.96. The number of rotatable bonds is 6. The number of carbonyl (C=O) groups is 2. The highest BCUT2D eigenvalue weighted by atomic mass is 19.1. The average molecular weight is 361 g/mol. The minimum Gasteiger partial charge on any atom is -0.378 e. The van der Waals surface area contributed by atoms with Crippen molar-refractivity contribution in [3.05, 3.63) is 65.2 Å². The molecule has 2 aromatic rings. The third-order valence-corrected chi connectivity index (χ3v) is 3.87. The zero-order valence-electron chi connectivity index (χ0n) is 14.9. The number of benzene rings is 2. The number of nitrogens with zero attached hydrogens (tertiary/aromatic N) is 2. The Morgan fingerprint density at radius 2 is 1.65 bits per heavy atom. The highest BCUT2D eigenvalue weighted by molar-refractivity contribution is 5.96. The Bertz CT molecular complexity index is 792. The smallest absolute Gasteiger partial charge is 0.254 e. The van der Waals surface area contributed by atoms with Crippen LogP contribution >= 0.6 is 0 Å². The van der Waals surface area contributed by atoms with Crippen molar-refractivity contribution >= 4 is 17.5 Å². The first-order valence-electron chi connectivity index (χ1n) is 8.01. The summed E-state index contributed by atoms with van der Waals surface area (Å²) in [5.41, 5.74) is 1.69. The van der Waals surface area contributed by atoms with Gasteiger partial charge in [0.25, 0.3) is 5.91 Å². The molecular formula is C19H21F2N3O2. The fraction of sp³-hybridized carbons (Fsp3) is 0.263. The molecule has 0 aliphatic carbocycles. The van der Waals surface area contributed by atoms with Gasteiger partial charge in [0.05, 0.1) is 12.1 Å². The van der Waals surface area contributed by atoms with Gasteiger partial charge in [-0.25, -0.2) is 8.78 Å². The van der Waals surface area contributed by atoms with Crippen LogP contribution in [0.2, 0.25) is 0 Å². The Morgan fingerprint density at radius 3 is 2.23 bits per heavy atom. The van der Waals surface area contributed by atoms with Gasteiger partial charge in [-0.2, -0.15) is 0 Å². The number of hydrogen-bond donors (Lipinski definition) is 1. The summed E-state index contributed by atoms with van der Waals surface area (Å²) >= 11 is 0. The van der Waals surface area contributed by atoms with E-state index < -0.39 is 17.5 Å². The molecule has 0 atom stereocenters. The maximum atomic E-state index is 13.6. The average Bonchev–Trinajstić information content (AvgIpc) is 2.59. The number of anilines is 1. The van der Waals surface area contributed by atoms with Crippen LogP contribution in [0.25, 0.3) is 0 Å². The molecule has 0 aromatic heterocycles. The largest absolute Gasteiger partial charge is 0.378 e. The van der Waals surface area contributed by atoms with E-state index in [0.29, 0.717) is 12.6 Å². The lowest BCUT2D eigenvalue weighted by atomic mass is 10.2. The van der Waals surface area contributed by atoms with Crippen LogP contribution in [0.3, 0.4) is 0 Å². The summed E-state index contributed by atoms with van der Waals surface area (Å²) in [5, 5.41) is 2.35. The molecule has 0 unspecified atom stereocenters. The summed E-state index contributed by atoms with van der Waals surface area (Å²) in [5.74, 6) is -2.82. The van der Waals surface area contributed by atoms with Crippen LogP contribution in [0, 0.1) is 11.6 Å². The molecule has 0 saturated heterocycles. The molecule has 0 bridgehead atoms. The van der Waals surface area contributed by atoms with Gasteiger partial charge in [0, 0.05) is 39.4 Å². The topological polar surface area (TPSA) is 52.6 Å². The van der Waals surface area contributed by atoms with Crippen LogP contribution in [0.1, 0.15) is 15.9 Å². The Labute approximate surface area is 151 Å². The van der Waals surface area contributed by atoms with Crippen molar-refractivity contribution in [2.24, 2.45) is 0 Å². The van der Waals surface area contributed by atoms with Gasteiger partial charge >= 0.3 is 0 Å². The molecule has 2 rings (SSSR count). The van der Waals surface area contributed by atoms with E-state index in [-0.39, 0.29) is 18.0 Å². The number of hydrogen-bond acceptors (Lipinski definition) is 3. The molecule has 0 spiro atoms. The van der Waals surface area contributed by atoms with E-state index in [1.165, 1.54) is 4.90 Å². The van der Waals surface area contributed by atoms with Gasteiger partial charge < -0.3 is 15.1 Å². The van der Waals surface area contributed by atoms with Crippen molar-refractivity contribution in [1.29, 1.82) is 0 Å². The third-order valence-electron chi connectivity index (χ3n) is 3.87. The molecule has 0 aliphatic rings. The van der Waals surface area contributed by atoms with Crippen molar-refractivity contribution in [2.75, 3.05) is 32.6 Å². The van der Waals surface area contributed by atoms with Crippen molar-refractivity contribution in [1.82, 2.24) is 10.2 Å². The van der Waals surface area contributed by atoms with Crippen LogP contribution in [-0.4, -0.2) is 44.4 Å². The Morgan fingerprint density at radius 1 is 1.00 bits per heavy atom. The predicted molar refractivity (Wildman–Crippen MR) is 95.9 cm³/mol. The first-order valence-corrected chi connectivity index (χ1v) is 8.01. The van der Waals surface area contributed by atoms with Gasteiger partial charge in [0.2, 0.25) is 5.91 Å². The van der Waals surface area contributed by atoms with Gasteiger partial charge in [0.15, 0.2) is 0 Å². The van der Waals surface area contributed by atoms with E-state index in [4.69, 9.17) is 0 Å². The number of likely N-dealkylation sites (N-methyl/N-ethyl adjacent to an activating group) is 1. The lowest BCUT2D eigenvalue weighted by Crippen LogP contribution is -2.38. The van der Waals surface area contributed by atoms with Gasteiger partial charge in [-0.15, -0.1) is 0 Å². The molecule has 0 aliphatic heterocycles. The first-order chi connectivity index (χ1) is 12.3. The minimum absolute atomic E-state index is 0.276. The second-order valence-corrected chi connectivity index (χ2v) is 6.12. The van der Waals surface area contributed by atoms with Gasteiger partial charge in [-0.1, -0.05) is 12.1 Å². The van der Waals surface area contributed by atoms with E-state index in [1.807, 2.05) is 43.3 Å². The highest BCUT2D eigenvalue weighted by Gasteiger charge is 2.15.